The van der Waals surface area contributed by atoms with Gasteiger partial charge in [-0.05, 0) is 29.7 Å². The van der Waals surface area contributed by atoms with E-state index < -0.39 is 6.10 Å². The summed E-state index contributed by atoms with van der Waals surface area (Å²) < 4.78 is 1.98. The predicted octanol–water partition coefficient (Wildman–Crippen LogP) is 2.65. The fourth-order valence-corrected chi connectivity index (χ4v) is 3.36. The van der Waals surface area contributed by atoms with Gasteiger partial charge in [-0.2, -0.15) is 5.26 Å². The van der Waals surface area contributed by atoms with Crippen molar-refractivity contribution in [2.24, 2.45) is 0 Å². The third-order valence-corrected chi connectivity index (χ3v) is 4.62. The van der Waals surface area contributed by atoms with E-state index in [9.17, 15) is 5.11 Å². The van der Waals surface area contributed by atoms with Crippen molar-refractivity contribution in [3.63, 3.8) is 0 Å². The minimum Gasteiger partial charge on any atom is -0.388 e. The molecule has 4 rings (SSSR count). The summed E-state index contributed by atoms with van der Waals surface area (Å²) in [4.78, 5) is 6.74. The van der Waals surface area contributed by atoms with E-state index in [1.54, 1.807) is 6.07 Å². The number of aromatic nitrogens is 2. The zero-order chi connectivity index (χ0) is 16.5. The van der Waals surface area contributed by atoms with Crippen molar-refractivity contribution < 1.29 is 5.11 Å². The Bertz CT molecular complexity index is 925. The first-order chi connectivity index (χ1) is 11.7. The van der Waals surface area contributed by atoms with Gasteiger partial charge in [0.1, 0.15) is 11.7 Å². The second kappa shape index (κ2) is 6.08. The Balaban J connectivity index is 1.63. The van der Waals surface area contributed by atoms with Crippen LogP contribution in [0.25, 0.3) is 5.65 Å². The van der Waals surface area contributed by atoms with Gasteiger partial charge in [-0.3, -0.25) is 4.90 Å². The lowest BCUT2D eigenvalue weighted by molar-refractivity contribution is 0.149. The molecule has 0 spiro atoms. The molecule has 1 aliphatic heterocycles. The van der Waals surface area contributed by atoms with Gasteiger partial charge in [0, 0.05) is 25.8 Å². The molecule has 1 atom stereocenters. The number of hydrogen-bond acceptors (Lipinski definition) is 4. The molecule has 120 valence electrons. The molecule has 5 heteroatoms. The summed E-state index contributed by atoms with van der Waals surface area (Å²) in [5.41, 5.74) is 4.73. The molecule has 0 radical (unpaired) electrons. The Hall–Kier alpha value is -2.68. The van der Waals surface area contributed by atoms with E-state index in [4.69, 9.17) is 5.26 Å². The maximum Gasteiger partial charge on any atom is 0.137 e. The van der Waals surface area contributed by atoms with Gasteiger partial charge in [-0.1, -0.05) is 24.3 Å². The van der Waals surface area contributed by atoms with Gasteiger partial charge in [0.2, 0.25) is 0 Å². The third-order valence-electron chi connectivity index (χ3n) is 4.62. The molecule has 0 amide bonds. The minimum absolute atomic E-state index is 0.404. The van der Waals surface area contributed by atoms with Gasteiger partial charge < -0.3 is 9.51 Å². The Morgan fingerprint density at radius 3 is 3.00 bits per heavy atom. The highest BCUT2D eigenvalue weighted by Gasteiger charge is 2.21. The maximum atomic E-state index is 10.3. The van der Waals surface area contributed by atoms with Gasteiger partial charge in [-0.25, -0.2) is 4.98 Å². The molecule has 0 saturated heterocycles. The molecular formula is C19H18N4O. The summed E-state index contributed by atoms with van der Waals surface area (Å²) in [6.07, 6.45) is 4.01. The predicted molar refractivity (Wildman–Crippen MR) is 90.0 cm³/mol. The number of hydrogen-bond donors (Lipinski definition) is 1. The van der Waals surface area contributed by atoms with Crippen LogP contribution in [0.4, 0.5) is 0 Å². The first-order valence-corrected chi connectivity index (χ1v) is 8.09. The number of nitrogens with zero attached hydrogens (tertiary/aromatic N) is 4. The van der Waals surface area contributed by atoms with Crippen LogP contribution < -0.4 is 0 Å². The smallest absolute Gasteiger partial charge is 0.137 e. The molecule has 0 fully saturated rings. The van der Waals surface area contributed by atoms with E-state index in [1.807, 2.05) is 41.1 Å². The van der Waals surface area contributed by atoms with Crippen LogP contribution in [0.1, 0.15) is 34.9 Å². The lowest BCUT2D eigenvalue weighted by atomic mass is 10.0. The van der Waals surface area contributed by atoms with Gasteiger partial charge >= 0.3 is 0 Å². The first-order valence-electron chi connectivity index (χ1n) is 8.09. The van der Waals surface area contributed by atoms with Crippen molar-refractivity contribution in [3.05, 3.63) is 71.2 Å². The summed E-state index contributed by atoms with van der Waals surface area (Å²) >= 11 is 0. The zero-order valence-electron chi connectivity index (χ0n) is 13.3. The monoisotopic (exact) mass is 318 g/mol. The van der Waals surface area contributed by atoms with E-state index in [0.717, 1.165) is 43.0 Å². The molecule has 5 nitrogen and oxygen atoms in total. The van der Waals surface area contributed by atoms with E-state index in [-0.39, 0.29) is 0 Å². The van der Waals surface area contributed by atoms with Gasteiger partial charge in [0.05, 0.1) is 23.6 Å². The average molecular weight is 318 g/mol. The SMILES string of the molecule is N#Cc1ccc2ncc(CN3CCC(O)c4ccccc4C3)n2c1. The summed E-state index contributed by atoms with van der Waals surface area (Å²) in [7, 11) is 0. The number of aliphatic hydroxyl groups excluding tert-OH is 1. The summed E-state index contributed by atoms with van der Waals surface area (Å²) in [5, 5.41) is 19.4. The third kappa shape index (κ3) is 2.67. The Morgan fingerprint density at radius 2 is 2.12 bits per heavy atom. The van der Waals surface area contributed by atoms with Crippen LogP contribution in [0.3, 0.4) is 0 Å². The Labute approximate surface area is 140 Å². The van der Waals surface area contributed by atoms with Crippen molar-refractivity contribution in [1.82, 2.24) is 14.3 Å². The van der Waals surface area contributed by atoms with E-state index >= 15 is 0 Å². The van der Waals surface area contributed by atoms with Crippen LogP contribution >= 0.6 is 0 Å². The number of aliphatic hydroxyl groups is 1. The number of imidazole rings is 1. The van der Waals surface area contributed by atoms with Crippen LogP contribution in [-0.2, 0) is 13.1 Å². The highest BCUT2D eigenvalue weighted by molar-refractivity contribution is 5.44. The highest BCUT2D eigenvalue weighted by atomic mass is 16.3. The second-order valence-corrected chi connectivity index (χ2v) is 6.22. The number of nitriles is 1. The van der Waals surface area contributed by atoms with Crippen LogP contribution in [-0.4, -0.2) is 25.9 Å². The molecule has 1 N–H and O–H groups in total. The van der Waals surface area contributed by atoms with Crippen LogP contribution in [0.2, 0.25) is 0 Å². The molecule has 2 aromatic heterocycles. The molecule has 0 bridgehead atoms. The fourth-order valence-electron chi connectivity index (χ4n) is 3.36. The molecule has 1 aliphatic rings. The van der Waals surface area contributed by atoms with Gasteiger partial charge in [0.15, 0.2) is 0 Å². The first kappa shape index (κ1) is 14.9. The highest BCUT2D eigenvalue weighted by Crippen LogP contribution is 2.27. The number of pyridine rings is 1. The molecule has 1 aromatic carbocycles. The average Bonchev–Trinajstić information content (AvgIpc) is 2.93. The molecule has 3 heterocycles. The molecule has 0 aliphatic carbocycles. The number of benzene rings is 1. The maximum absolute atomic E-state index is 10.3. The molecular weight excluding hydrogens is 300 g/mol. The summed E-state index contributed by atoms with van der Waals surface area (Å²) in [5.74, 6) is 0. The second-order valence-electron chi connectivity index (χ2n) is 6.22. The van der Waals surface area contributed by atoms with Crippen molar-refractivity contribution in [3.8, 4) is 6.07 Å². The fraction of sp³-hybridized carbons (Fsp3) is 0.263. The number of rotatable bonds is 2. The van der Waals surface area contributed by atoms with E-state index in [2.05, 4.69) is 22.0 Å². The van der Waals surface area contributed by atoms with Crippen molar-refractivity contribution in [2.45, 2.75) is 25.6 Å². The quantitative estimate of drug-likeness (QED) is 0.789. The van der Waals surface area contributed by atoms with Gasteiger partial charge in [-0.15, -0.1) is 0 Å². The van der Waals surface area contributed by atoms with Crippen molar-refractivity contribution >= 4 is 5.65 Å². The van der Waals surface area contributed by atoms with Crippen LogP contribution in [0, 0.1) is 11.3 Å². The van der Waals surface area contributed by atoms with Crippen molar-refractivity contribution in [1.29, 1.82) is 5.26 Å². The van der Waals surface area contributed by atoms with Gasteiger partial charge in [0.25, 0.3) is 0 Å². The standard InChI is InChI=1S/C19H18N4O/c20-9-14-5-6-19-21-10-16(23(19)11-14)13-22-8-7-18(24)17-4-2-1-3-15(17)12-22/h1-6,10-11,18,24H,7-8,12-13H2. The van der Waals surface area contributed by atoms with Crippen LogP contribution in [0.15, 0.2) is 48.8 Å². The topological polar surface area (TPSA) is 64.6 Å². The molecule has 24 heavy (non-hydrogen) atoms. The molecule has 0 saturated carbocycles. The van der Waals surface area contributed by atoms with Crippen molar-refractivity contribution in [2.75, 3.05) is 6.54 Å². The normalized spacial score (nSPS) is 18.1. The Morgan fingerprint density at radius 1 is 1.25 bits per heavy atom. The largest absolute Gasteiger partial charge is 0.388 e. The van der Waals surface area contributed by atoms with E-state index in [1.165, 1.54) is 5.56 Å². The number of fused-ring (bicyclic) bond motifs is 2. The molecule has 1 unspecified atom stereocenters. The minimum atomic E-state index is -0.404. The lowest BCUT2D eigenvalue weighted by Crippen LogP contribution is -2.23. The summed E-state index contributed by atoms with van der Waals surface area (Å²) in [6.45, 7) is 2.36. The van der Waals surface area contributed by atoms with E-state index in [0.29, 0.717) is 5.56 Å². The lowest BCUT2D eigenvalue weighted by Gasteiger charge is -2.20. The van der Waals surface area contributed by atoms with Crippen LogP contribution in [0.5, 0.6) is 0 Å². The zero-order valence-corrected chi connectivity index (χ0v) is 13.3. The Kier molecular flexibility index (Phi) is 3.77. The summed E-state index contributed by atoms with van der Waals surface area (Å²) in [6, 6.07) is 13.9. The molecule has 3 aromatic rings.